The number of hydrogen-bond donors (Lipinski definition) is 0. The Labute approximate surface area is 263 Å². The smallest absolute Gasteiger partial charge is 0.0406 e. The second kappa shape index (κ2) is 10.8. The van der Waals surface area contributed by atoms with E-state index in [1.165, 1.54) is 72.3 Å². The summed E-state index contributed by atoms with van der Waals surface area (Å²) in [4.78, 5) is 0. The van der Waals surface area contributed by atoms with Crippen LogP contribution in [0.5, 0.6) is 0 Å². The molecule has 0 aromatic heterocycles. The maximum absolute atomic E-state index is 6.30. The van der Waals surface area contributed by atoms with Crippen molar-refractivity contribution in [2.24, 2.45) is 0 Å². The fourth-order valence-electron chi connectivity index (χ4n) is 7.33. The van der Waals surface area contributed by atoms with Crippen molar-refractivity contribution in [2.45, 2.75) is 78.6 Å². The lowest BCUT2D eigenvalue weighted by Gasteiger charge is -2.28. The summed E-state index contributed by atoms with van der Waals surface area (Å²) >= 11 is 6.30. The standard InChI is InChI=1S/C42H43Cl/c1-26-13-15-29(16-14-26)37(30-17-19-33(43)20-18-30)25-42(7,8)38-23-34-32(21-27(38)2)22-36-35(34)24-39(41(4,5)6)28(3)40(36)31-11-9-10-12-31/h9-21,23-25,31H,22H2,1-8H3. The zero-order chi connectivity index (χ0) is 30.7. The van der Waals surface area contributed by atoms with Gasteiger partial charge in [-0.1, -0.05) is 131 Å². The van der Waals surface area contributed by atoms with Crippen molar-refractivity contribution < 1.29 is 0 Å². The highest BCUT2D eigenvalue weighted by molar-refractivity contribution is 6.30. The van der Waals surface area contributed by atoms with E-state index in [-0.39, 0.29) is 10.8 Å². The molecule has 0 nitrogen and oxygen atoms in total. The van der Waals surface area contributed by atoms with Crippen LogP contribution in [0.3, 0.4) is 0 Å². The zero-order valence-electron chi connectivity index (χ0n) is 26.9. The molecule has 0 saturated carbocycles. The van der Waals surface area contributed by atoms with Crippen LogP contribution in [0, 0.1) is 20.8 Å². The van der Waals surface area contributed by atoms with E-state index in [2.05, 4.69) is 140 Å². The van der Waals surface area contributed by atoms with Gasteiger partial charge in [-0.3, -0.25) is 0 Å². The second-order valence-corrected chi connectivity index (χ2v) is 14.6. The Kier molecular flexibility index (Phi) is 7.42. The molecule has 0 spiro atoms. The first-order valence-electron chi connectivity index (χ1n) is 15.6. The van der Waals surface area contributed by atoms with Crippen LogP contribution in [0.1, 0.15) is 96.2 Å². The summed E-state index contributed by atoms with van der Waals surface area (Å²) in [7, 11) is 0. The molecule has 0 aliphatic heterocycles. The first-order valence-corrected chi connectivity index (χ1v) is 15.9. The molecule has 218 valence electrons. The highest BCUT2D eigenvalue weighted by Crippen LogP contribution is 2.48. The van der Waals surface area contributed by atoms with Gasteiger partial charge in [-0.2, -0.15) is 0 Å². The highest BCUT2D eigenvalue weighted by atomic mass is 35.5. The van der Waals surface area contributed by atoms with E-state index in [1.54, 1.807) is 0 Å². The number of aryl methyl sites for hydroxylation is 2. The van der Waals surface area contributed by atoms with Crippen LogP contribution >= 0.6 is 11.6 Å². The Hall–Kier alpha value is -3.61. The van der Waals surface area contributed by atoms with Gasteiger partial charge in [0, 0.05) is 16.4 Å². The molecule has 0 amide bonds. The molecule has 2 aliphatic carbocycles. The van der Waals surface area contributed by atoms with Crippen molar-refractivity contribution in [3.05, 3.63) is 158 Å². The van der Waals surface area contributed by atoms with E-state index in [0.29, 0.717) is 5.92 Å². The number of allylic oxidation sites excluding steroid dienone is 5. The fourth-order valence-corrected chi connectivity index (χ4v) is 7.45. The van der Waals surface area contributed by atoms with E-state index in [9.17, 15) is 0 Å². The number of fused-ring (bicyclic) bond motifs is 3. The van der Waals surface area contributed by atoms with Gasteiger partial charge in [-0.15, -0.1) is 0 Å². The summed E-state index contributed by atoms with van der Waals surface area (Å²) in [6.45, 7) is 18.5. The van der Waals surface area contributed by atoms with Crippen LogP contribution < -0.4 is 0 Å². The third-order valence-electron chi connectivity index (χ3n) is 9.46. The van der Waals surface area contributed by atoms with Crippen LogP contribution in [-0.4, -0.2) is 0 Å². The number of hydrogen-bond acceptors (Lipinski definition) is 0. The van der Waals surface area contributed by atoms with Crippen LogP contribution in [0.2, 0.25) is 5.02 Å². The molecule has 43 heavy (non-hydrogen) atoms. The lowest BCUT2D eigenvalue weighted by atomic mass is 9.76. The monoisotopic (exact) mass is 582 g/mol. The van der Waals surface area contributed by atoms with Gasteiger partial charge < -0.3 is 0 Å². The van der Waals surface area contributed by atoms with Gasteiger partial charge in [0.2, 0.25) is 0 Å². The first-order chi connectivity index (χ1) is 20.3. The molecule has 0 unspecified atom stereocenters. The molecule has 0 fully saturated rings. The van der Waals surface area contributed by atoms with Gasteiger partial charge in [0.15, 0.2) is 0 Å². The molecule has 1 heteroatoms. The Bertz CT molecular complexity index is 1740. The lowest BCUT2D eigenvalue weighted by molar-refractivity contribution is 0.584. The average Bonchev–Trinajstić information content (AvgIpc) is 3.59. The molecule has 0 radical (unpaired) electrons. The zero-order valence-corrected chi connectivity index (χ0v) is 27.7. The molecule has 2 aliphatic rings. The van der Waals surface area contributed by atoms with Crippen molar-refractivity contribution in [1.29, 1.82) is 0 Å². The quantitative estimate of drug-likeness (QED) is 0.193. The maximum atomic E-state index is 6.30. The molecule has 0 bridgehead atoms. The minimum Gasteiger partial charge on any atom is -0.0843 e. The number of rotatable bonds is 5. The van der Waals surface area contributed by atoms with Crippen molar-refractivity contribution >= 4 is 17.2 Å². The normalized spacial score (nSPS) is 14.9. The minimum atomic E-state index is -0.209. The maximum Gasteiger partial charge on any atom is 0.0406 e. The van der Waals surface area contributed by atoms with Crippen molar-refractivity contribution in [3.63, 3.8) is 0 Å². The second-order valence-electron chi connectivity index (χ2n) is 14.2. The van der Waals surface area contributed by atoms with Gasteiger partial charge in [0.1, 0.15) is 0 Å². The molecule has 4 aromatic carbocycles. The predicted octanol–water partition coefficient (Wildman–Crippen LogP) is 11.8. The summed E-state index contributed by atoms with van der Waals surface area (Å²) in [5.41, 5.74) is 17.7. The Morgan fingerprint density at radius 2 is 1.33 bits per heavy atom. The van der Waals surface area contributed by atoms with Crippen molar-refractivity contribution in [2.75, 3.05) is 0 Å². The summed E-state index contributed by atoms with van der Waals surface area (Å²) in [6, 6.07) is 24.6. The number of halogens is 1. The molecule has 6 rings (SSSR count). The third-order valence-corrected chi connectivity index (χ3v) is 9.71. The summed E-state index contributed by atoms with van der Waals surface area (Å²) in [5, 5.41) is 0.757. The SMILES string of the molecule is Cc1ccc(C(=CC(C)(C)c2cc3c(cc2C)Cc2c-3cc(C(C)(C)C)c(C)c2C2C=CC=C2)c2ccc(Cl)cc2)cc1. The van der Waals surface area contributed by atoms with Crippen LogP contribution in [-0.2, 0) is 17.3 Å². The van der Waals surface area contributed by atoms with Crippen LogP contribution in [0.4, 0.5) is 0 Å². The van der Waals surface area contributed by atoms with Gasteiger partial charge in [0.05, 0.1) is 0 Å². The van der Waals surface area contributed by atoms with Gasteiger partial charge >= 0.3 is 0 Å². The van der Waals surface area contributed by atoms with Gasteiger partial charge in [0.25, 0.3) is 0 Å². The molecule has 0 saturated heterocycles. The van der Waals surface area contributed by atoms with E-state index < -0.39 is 0 Å². The molecule has 0 atom stereocenters. The molecule has 0 N–H and O–H groups in total. The highest BCUT2D eigenvalue weighted by Gasteiger charge is 2.32. The Balaban J connectivity index is 1.53. The fraction of sp³-hybridized carbons (Fsp3) is 0.286. The van der Waals surface area contributed by atoms with Crippen molar-refractivity contribution in [3.8, 4) is 11.1 Å². The molecular weight excluding hydrogens is 540 g/mol. The van der Waals surface area contributed by atoms with E-state index in [4.69, 9.17) is 11.6 Å². The summed E-state index contributed by atoms with van der Waals surface area (Å²) in [6.07, 6.45) is 12.6. The molecule has 4 aromatic rings. The topological polar surface area (TPSA) is 0 Å². The van der Waals surface area contributed by atoms with Crippen molar-refractivity contribution in [1.82, 2.24) is 0 Å². The first kappa shape index (κ1) is 29.5. The lowest BCUT2D eigenvalue weighted by Crippen LogP contribution is -2.17. The number of benzene rings is 4. The van der Waals surface area contributed by atoms with E-state index in [0.717, 1.165) is 11.4 Å². The molecular formula is C42H43Cl. The van der Waals surface area contributed by atoms with Gasteiger partial charge in [-0.05, 0) is 118 Å². The van der Waals surface area contributed by atoms with E-state index in [1.807, 2.05) is 12.1 Å². The average molecular weight is 583 g/mol. The summed E-state index contributed by atoms with van der Waals surface area (Å²) < 4.78 is 0. The largest absolute Gasteiger partial charge is 0.0843 e. The molecule has 0 heterocycles. The van der Waals surface area contributed by atoms with Crippen LogP contribution in [0.25, 0.3) is 16.7 Å². The third kappa shape index (κ3) is 5.47. The minimum absolute atomic E-state index is 0.0692. The predicted molar refractivity (Wildman–Crippen MR) is 187 cm³/mol. The van der Waals surface area contributed by atoms with Gasteiger partial charge in [-0.25, -0.2) is 0 Å². The van der Waals surface area contributed by atoms with E-state index >= 15 is 0 Å². The van der Waals surface area contributed by atoms with Crippen LogP contribution in [0.15, 0.2) is 97.1 Å². The Morgan fingerprint density at radius 3 is 1.93 bits per heavy atom. The summed E-state index contributed by atoms with van der Waals surface area (Å²) in [5.74, 6) is 0.349. The Morgan fingerprint density at radius 1 is 0.744 bits per heavy atom.